The normalized spacial score (nSPS) is 27.2. The molecule has 3 atom stereocenters. The monoisotopic (exact) mass is 349 g/mol. The molecule has 6 heteroatoms. The Kier molecular flexibility index (Phi) is 3.84. The third-order valence-electron chi connectivity index (χ3n) is 6.09. The van der Waals surface area contributed by atoms with Crippen LogP contribution in [0.5, 0.6) is 0 Å². The predicted octanol–water partition coefficient (Wildman–Crippen LogP) is 2.64. The van der Waals surface area contributed by atoms with E-state index in [1.54, 1.807) is 6.20 Å². The zero-order valence-electron chi connectivity index (χ0n) is 14.8. The van der Waals surface area contributed by atoms with Gasteiger partial charge in [-0.15, -0.1) is 10.2 Å². The number of pyridine rings is 1. The van der Waals surface area contributed by atoms with Gasteiger partial charge in [0.1, 0.15) is 5.82 Å². The Balaban J connectivity index is 1.43. The number of nitrogens with zero attached hydrogens (tertiary/aromatic N) is 5. The highest BCUT2D eigenvalue weighted by Gasteiger charge is 2.42. The molecule has 0 N–H and O–H groups in total. The maximum atomic E-state index is 13.0. The van der Waals surface area contributed by atoms with Crippen molar-refractivity contribution in [2.45, 2.75) is 38.1 Å². The van der Waals surface area contributed by atoms with Gasteiger partial charge in [0.25, 0.3) is 0 Å². The number of aromatic nitrogens is 4. The van der Waals surface area contributed by atoms with Crippen LogP contribution in [0.3, 0.4) is 0 Å². The number of aryl methyl sites for hydroxylation is 1. The summed E-state index contributed by atoms with van der Waals surface area (Å²) in [6.45, 7) is 1.65. The van der Waals surface area contributed by atoms with E-state index in [1.807, 2.05) is 18.3 Å². The van der Waals surface area contributed by atoms with Crippen LogP contribution in [0.2, 0.25) is 0 Å². The van der Waals surface area contributed by atoms with Crippen molar-refractivity contribution in [2.75, 3.05) is 13.1 Å². The van der Waals surface area contributed by atoms with Crippen molar-refractivity contribution in [3.05, 3.63) is 42.5 Å². The highest BCUT2D eigenvalue weighted by molar-refractivity contribution is 5.79. The fraction of sp³-hybridized carbons (Fsp3) is 0.500. The largest absolute Gasteiger partial charge is 0.340 e. The maximum Gasteiger partial charge on any atom is 0.226 e. The van der Waals surface area contributed by atoms with Crippen molar-refractivity contribution in [2.24, 2.45) is 11.8 Å². The Hall–Kier alpha value is -2.50. The zero-order valence-corrected chi connectivity index (χ0v) is 14.8. The standard InChI is InChI=1S/C20H23N5O/c26-20(14-5-2-1-3-6-14)24-12-16-8-9-18-22-23-19(25(18)17(16)13-24)15-7-4-10-21-11-15/h1-2,4,7,10-11,14,16-17H,3,5-6,8-9,12-13H2/t14?,16-,17+/m1/s1. The number of hydrogen-bond donors (Lipinski definition) is 0. The number of amides is 1. The highest BCUT2D eigenvalue weighted by Crippen LogP contribution is 2.39. The van der Waals surface area contributed by atoms with E-state index in [0.717, 1.165) is 62.4 Å². The van der Waals surface area contributed by atoms with Crippen LogP contribution in [0.4, 0.5) is 0 Å². The lowest BCUT2D eigenvalue weighted by atomic mass is 9.93. The number of hydrogen-bond acceptors (Lipinski definition) is 4. The van der Waals surface area contributed by atoms with Crippen LogP contribution in [0.15, 0.2) is 36.7 Å². The maximum absolute atomic E-state index is 13.0. The van der Waals surface area contributed by atoms with Gasteiger partial charge >= 0.3 is 0 Å². The lowest BCUT2D eigenvalue weighted by Crippen LogP contribution is -2.35. The molecule has 1 fully saturated rings. The molecule has 2 aromatic rings. The van der Waals surface area contributed by atoms with Gasteiger partial charge in [0.15, 0.2) is 5.82 Å². The molecule has 1 saturated heterocycles. The molecule has 3 aliphatic rings. The Morgan fingerprint density at radius 3 is 2.92 bits per heavy atom. The first-order valence-electron chi connectivity index (χ1n) is 9.59. The van der Waals surface area contributed by atoms with Crippen LogP contribution < -0.4 is 0 Å². The molecule has 5 rings (SSSR count). The van der Waals surface area contributed by atoms with Crippen molar-refractivity contribution in [3.63, 3.8) is 0 Å². The minimum Gasteiger partial charge on any atom is -0.340 e. The molecule has 1 amide bonds. The second kappa shape index (κ2) is 6.34. The molecule has 1 aliphatic carbocycles. The molecular weight excluding hydrogens is 326 g/mol. The summed E-state index contributed by atoms with van der Waals surface area (Å²) in [6, 6.07) is 4.24. The van der Waals surface area contributed by atoms with E-state index in [-0.39, 0.29) is 12.0 Å². The van der Waals surface area contributed by atoms with Crippen LogP contribution in [-0.2, 0) is 11.2 Å². The summed E-state index contributed by atoms with van der Waals surface area (Å²) in [5.74, 6) is 2.93. The summed E-state index contributed by atoms with van der Waals surface area (Å²) in [7, 11) is 0. The van der Waals surface area contributed by atoms with E-state index in [9.17, 15) is 4.79 Å². The van der Waals surface area contributed by atoms with Crippen molar-refractivity contribution in [1.29, 1.82) is 0 Å². The van der Waals surface area contributed by atoms with E-state index in [1.165, 1.54) is 0 Å². The molecule has 0 bridgehead atoms. The van der Waals surface area contributed by atoms with Crippen molar-refractivity contribution < 1.29 is 4.79 Å². The summed E-state index contributed by atoms with van der Waals surface area (Å²) in [4.78, 5) is 19.3. The third-order valence-corrected chi connectivity index (χ3v) is 6.09. The molecule has 6 nitrogen and oxygen atoms in total. The third kappa shape index (κ3) is 2.55. The first kappa shape index (κ1) is 15.7. The summed E-state index contributed by atoms with van der Waals surface area (Å²) in [6.07, 6.45) is 12.9. The van der Waals surface area contributed by atoms with Crippen LogP contribution in [-0.4, -0.2) is 43.6 Å². The first-order chi connectivity index (χ1) is 12.8. The van der Waals surface area contributed by atoms with Gasteiger partial charge in [-0.2, -0.15) is 0 Å². The summed E-state index contributed by atoms with van der Waals surface area (Å²) < 4.78 is 2.28. The van der Waals surface area contributed by atoms with Gasteiger partial charge in [0, 0.05) is 43.4 Å². The van der Waals surface area contributed by atoms with Crippen molar-refractivity contribution in [1.82, 2.24) is 24.6 Å². The molecule has 2 aliphatic heterocycles. The fourth-order valence-electron chi connectivity index (χ4n) is 4.74. The van der Waals surface area contributed by atoms with Crippen LogP contribution in [0.1, 0.15) is 37.5 Å². The average Bonchev–Trinajstić information content (AvgIpc) is 3.32. The van der Waals surface area contributed by atoms with Gasteiger partial charge in [0.05, 0.1) is 6.04 Å². The van der Waals surface area contributed by atoms with Crippen LogP contribution in [0, 0.1) is 11.8 Å². The zero-order chi connectivity index (χ0) is 17.5. The topological polar surface area (TPSA) is 63.9 Å². The summed E-state index contributed by atoms with van der Waals surface area (Å²) >= 11 is 0. The molecular formula is C20H23N5O. The molecule has 134 valence electrons. The molecule has 4 heterocycles. The minimum absolute atomic E-state index is 0.165. The SMILES string of the molecule is O=C(C1CC=CCC1)N1C[C@H]2CCc3nnc(-c4cccnc4)n3[C@H]2C1. The number of rotatable bonds is 2. The Labute approximate surface area is 152 Å². The molecule has 1 unspecified atom stereocenters. The fourth-order valence-corrected chi connectivity index (χ4v) is 4.74. The van der Waals surface area contributed by atoms with E-state index < -0.39 is 0 Å². The number of allylic oxidation sites excluding steroid dienone is 2. The lowest BCUT2D eigenvalue weighted by Gasteiger charge is -2.27. The second-order valence-electron chi connectivity index (χ2n) is 7.64. The molecule has 0 spiro atoms. The van der Waals surface area contributed by atoms with Gasteiger partial charge in [-0.25, -0.2) is 0 Å². The van der Waals surface area contributed by atoms with E-state index in [0.29, 0.717) is 11.8 Å². The van der Waals surface area contributed by atoms with Crippen molar-refractivity contribution in [3.8, 4) is 11.4 Å². The van der Waals surface area contributed by atoms with E-state index in [4.69, 9.17) is 0 Å². The summed E-state index contributed by atoms with van der Waals surface area (Å²) in [5, 5.41) is 8.87. The lowest BCUT2D eigenvalue weighted by molar-refractivity contribution is -0.134. The van der Waals surface area contributed by atoms with E-state index in [2.05, 4.69) is 36.8 Å². The van der Waals surface area contributed by atoms with Crippen molar-refractivity contribution >= 4 is 5.91 Å². The Morgan fingerprint density at radius 2 is 2.12 bits per heavy atom. The molecule has 2 aromatic heterocycles. The smallest absolute Gasteiger partial charge is 0.226 e. The number of carbonyl (C=O) groups is 1. The number of fused-ring (bicyclic) bond motifs is 3. The average molecular weight is 349 g/mol. The molecule has 0 aromatic carbocycles. The van der Waals surface area contributed by atoms with Gasteiger partial charge in [-0.3, -0.25) is 9.78 Å². The second-order valence-corrected chi connectivity index (χ2v) is 7.64. The first-order valence-corrected chi connectivity index (χ1v) is 9.59. The van der Waals surface area contributed by atoms with Gasteiger partial charge in [-0.05, 0) is 43.7 Å². The Morgan fingerprint density at radius 1 is 1.15 bits per heavy atom. The quantitative estimate of drug-likeness (QED) is 0.782. The van der Waals surface area contributed by atoms with Gasteiger partial charge < -0.3 is 9.47 Å². The number of likely N-dealkylation sites (tertiary alicyclic amines) is 1. The van der Waals surface area contributed by atoms with E-state index >= 15 is 0 Å². The number of carbonyl (C=O) groups excluding carboxylic acids is 1. The minimum atomic E-state index is 0.165. The predicted molar refractivity (Wildman–Crippen MR) is 97.2 cm³/mol. The molecule has 26 heavy (non-hydrogen) atoms. The van der Waals surface area contributed by atoms with Crippen LogP contribution in [0.25, 0.3) is 11.4 Å². The van der Waals surface area contributed by atoms with Gasteiger partial charge in [0.2, 0.25) is 5.91 Å². The summed E-state index contributed by atoms with van der Waals surface area (Å²) in [5.41, 5.74) is 0.995. The Bertz CT molecular complexity index is 843. The highest BCUT2D eigenvalue weighted by atomic mass is 16.2. The van der Waals surface area contributed by atoms with Crippen LogP contribution >= 0.6 is 0 Å². The molecule has 0 radical (unpaired) electrons. The molecule has 0 saturated carbocycles. The van der Waals surface area contributed by atoms with Gasteiger partial charge in [-0.1, -0.05) is 12.2 Å².